The molecular weight excluding hydrogens is 284 g/mol. The van der Waals surface area contributed by atoms with Crippen molar-refractivity contribution in [2.75, 3.05) is 7.11 Å². The third-order valence-electron chi connectivity index (χ3n) is 4.88. The van der Waals surface area contributed by atoms with Crippen LogP contribution >= 0.6 is 0 Å². The minimum Gasteiger partial charge on any atom is -0.496 e. The van der Waals surface area contributed by atoms with E-state index in [-0.39, 0.29) is 22.2 Å². The molecule has 3 rings (SSSR count). The van der Waals surface area contributed by atoms with Crippen LogP contribution in [-0.2, 0) is 10.8 Å². The second-order valence-corrected chi connectivity index (χ2v) is 8.32. The minimum atomic E-state index is -0.698. The maximum atomic E-state index is 12.8. The summed E-state index contributed by atoms with van der Waals surface area (Å²) in [5, 5.41) is 0.497. The van der Waals surface area contributed by atoms with Crippen molar-refractivity contribution in [1.82, 2.24) is 0 Å². The van der Waals surface area contributed by atoms with Crippen molar-refractivity contribution in [3.8, 4) is 5.75 Å². The number of hydrogen-bond acceptors (Lipinski definition) is 3. The van der Waals surface area contributed by atoms with E-state index in [9.17, 15) is 9.00 Å². The third kappa shape index (κ3) is 2.54. The number of carbonyl (C=O) groups excluding carboxylic acids is 1. The van der Waals surface area contributed by atoms with Gasteiger partial charge in [0.1, 0.15) is 5.75 Å². The largest absolute Gasteiger partial charge is 0.496 e. The summed E-state index contributed by atoms with van der Waals surface area (Å²) in [5.41, 5.74) is 2.79. The first-order valence-electron chi connectivity index (χ1n) is 7.60. The summed E-state index contributed by atoms with van der Waals surface area (Å²) in [4.78, 5) is 12.8. The van der Waals surface area contributed by atoms with Gasteiger partial charge < -0.3 is 4.74 Å². The lowest BCUT2D eigenvalue weighted by Crippen LogP contribution is -2.32. The van der Waals surface area contributed by atoms with Gasteiger partial charge in [0.25, 0.3) is 0 Å². The number of rotatable bonds is 3. The molecule has 2 atom stereocenters. The normalized spacial score (nSPS) is 31.2. The monoisotopic (exact) mass is 306 g/mol. The van der Waals surface area contributed by atoms with Crippen molar-refractivity contribution in [1.29, 1.82) is 0 Å². The molecule has 2 fully saturated rings. The van der Waals surface area contributed by atoms with E-state index in [1.54, 1.807) is 7.11 Å². The quantitative estimate of drug-likeness (QED) is 0.806. The Morgan fingerprint density at radius 2 is 1.67 bits per heavy atom. The van der Waals surface area contributed by atoms with Crippen LogP contribution in [0.25, 0.3) is 0 Å². The summed E-state index contributed by atoms with van der Waals surface area (Å²) in [6.45, 7) is 3.95. The van der Waals surface area contributed by atoms with E-state index in [0.29, 0.717) is 0 Å². The van der Waals surface area contributed by atoms with E-state index in [0.717, 1.165) is 48.1 Å². The second-order valence-electron chi connectivity index (χ2n) is 6.33. The second kappa shape index (κ2) is 5.56. The summed E-state index contributed by atoms with van der Waals surface area (Å²) in [6, 6.07) is 3.86. The molecule has 3 nitrogen and oxygen atoms in total. The molecule has 0 aliphatic carbocycles. The number of methoxy groups -OCH3 is 1. The summed E-state index contributed by atoms with van der Waals surface area (Å²) < 4.78 is 17.4. The molecule has 0 saturated carbocycles. The fraction of sp³-hybridized carbons (Fsp3) is 0.588. The zero-order valence-corrected chi connectivity index (χ0v) is 13.7. The van der Waals surface area contributed by atoms with Gasteiger partial charge in [0.05, 0.1) is 7.11 Å². The van der Waals surface area contributed by atoms with E-state index in [4.69, 9.17) is 4.74 Å². The molecule has 2 saturated heterocycles. The van der Waals surface area contributed by atoms with Gasteiger partial charge in [-0.05, 0) is 62.8 Å². The molecule has 0 radical (unpaired) electrons. The molecule has 0 aromatic heterocycles. The molecule has 2 bridgehead atoms. The van der Waals surface area contributed by atoms with Gasteiger partial charge in [-0.1, -0.05) is 0 Å². The van der Waals surface area contributed by atoms with Gasteiger partial charge in [0.2, 0.25) is 0 Å². The van der Waals surface area contributed by atoms with Gasteiger partial charge in [-0.25, -0.2) is 0 Å². The number of ether oxygens (including phenoxy) is 1. The van der Waals surface area contributed by atoms with Crippen LogP contribution < -0.4 is 4.74 Å². The highest BCUT2D eigenvalue weighted by Crippen LogP contribution is 2.40. The molecule has 2 aliphatic rings. The van der Waals surface area contributed by atoms with Crippen molar-refractivity contribution in [2.45, 2.75) is 50.0 Å². The number of Topliss-reactive ketones (excluding diaryl/α,β-unsaturated/α-hetero) is 1. The maximum Gasteiger partial charge on any atom is 0.166 e. The van der Waals surface area contributed by atoms with Gasteiger partial charge in [-0.15, -0.1) is 0 Å². The molecule has 0 amide bonds. The standard InChI is InChI=1S/C17H22O3S/c1-10-6-12(7-11(2)17(10)20-3)16(18)13-8-14-4-5-15(9-13)21(14)19/h6-7,13-15H,4-5,8-9H2,1-3H3. The van der Waals surface area contributed by atoms with Gasteiger partial charge in [0.15, 0.2) is 5.78 Å². The Kier molecular flexibility index (Phi) is 3.91. The van der Waals surface area contributed by atoms with Crippen LogP contribution in [0.4, 0.5) is 0 Å². The molecule has 2 unspecified atom stereocenters. The first-order chi connectivity index (χ1) is 10.0. The van der Waals surface area contributed by atoms with Gasteiger partial charge >= 0.3 is 0 Å². The Hall–Kier alpha value is -1.16. The third-order valence-corrected chi connectivity index (χ3v) is 7.05. The molecular formula is C17H22O3S. The minimum absolute atomic E-state index is 0.0485. The average molecular weight is 306 g/mol. The van der Waals surface area contributed by atoms with Gasteiger partial charge in [0, 0.05) is 32.8 Å². The molecule has 0 N–H and O–H groups in total. The number of aryl methyl sites for hydroxylation is 2. The Bertz CT molecular complexity index is 569. The van der Waals surface area contributed by atoms with Crippen molar-refractivity contribution in [2.24, 2.45) is 5.92 Å². The van der Waals surface area contributed by atoms with Crippen LogP contribution in [0.3, 0.4) is 0 Å². The molecule has 2 aliphatic heterocycles. The molecule has 2 heterocycles. The Morgan fingerprint density at radius 1 is 1.14 bits per heavy atom. The predicted octanol–water partition coefficient (Wildman–Crippen LogP) is 3.18. The summed E-state index contributed by atoms with van der Waals surface area (Å²) in [7, 11) is 0.959. The van der Waals surface area contributed by atoms with Crippen molar-refractivity contribution >= 4 is 16.6 Å². The van der Waals surface area contributed by atoms with Crippen LogP contribution in [0.5, 0.6) is 5.75 Å². The lowest BCUT2D eigenvalue weighted by molar-refractivity contribution is 0.0906. The SMILES string of the molecule is COc1c(C)cc(C(=O)C2CC3CCC(C2)S3=O)cc1C. The topological polar surface area (TPSA) is 43.4 Å². The number of hydrogen-bond donors (Lipinski definition) is 0. The van der Waals surface area contributed by atoms with Crippen molar-refractivity contribution in [3.05, 3.63) is 28.8 Å². The van der Waals surface area contributed by atoms with Gasteiger partial charge in [-0.2, -0.15) is 0 Å². The van der Waals surface area contributed by atoms with E-state index in [1.165, 1.54) is 0 Å². The summed E-state index contributed by atoms with van der Waals surface area (Å²) >= 11 is 0. The molecule has 1 aromatic rings. The first kappa shape index (κ1) is 14.8. The van der Waals surface area contributed by atoms with E-state index in [2.05, 4.69) is 0 Å². The Morgan fingerprint density at radius 3 is 2.14 bits per heavy atom. The first-order valence-corrected chi connectivity index (χ1v) is 8.87. The molecule has 1 aromatic carbocycles. The molecule has 4 heteroatoms. The molecule has 114 valence electrons. The summed E-state index contributed by atoms with van der Waals surface area (Å²) in [5.74, 6) is 1.13. The maximum absolute atomic E-state index is 12.8. The van der Waals surface area contributed by atoms with Crippen molar-refractivity contribution < 1.29 is 13.7 Å². The summed E-state index contributed by atoms with van der Waals surface area (Å²) in [6.07, 6.45) is 3.65. The number of carbonyl (C=O) groups is 1. The smallest absolute Gasteiger partial charge is 0.166 e. The van der Waals surface area contributed by atoms with Crippen LogP contribution in [0.2, 0.25) is 0 Å². The number of fused-ring (bicyclic) bond motifs is 2. The van der Waals surface area contributed by atoms with Crippen molar-refractivity contribution in [3.63, 3.8) is 0 Å². The highest BCUT2D eigenvalue weighted by atomic mass is 32.2. The fourth-order valence-electron chi connectivity index (χ4n) is 3.90. The lowest BCUT2D eigenvalue weighted by atomic mass is 9.89. The van der Waals surface area contributed by atoms with E-state index >= 15 is 0 Å². The molecule has 0 spiro atoms. The van der Waals surface area contributed by atoms with E-state index in [1.807, 2.05) is 26.0 Å². The highest BCUT2D eigenvalue weighted by Gasteiger charge is 2.42. The molecule has 21 heavy (non-hydrogen) atoms. The van der Waals surface area contributed by atoms with Gasteiger partial charge in [-0.3, -0.25) is 9.00 Å². The van der Waals surface area contributed by atoms with Crippen LogP contribution in [-0.4, -0.2) is 27.6 Å². The predicted molar refractivity (Wildman–Crippen MR) is 84.5 cm³/mol. The zero-order valence-electron chi connectivity index (χ0n) is 12.8. The zero-order chi connectivity index (χ0) is 15.1. The van der Waals surface area contributed by atoms with Crippen LogP contribution in [0.1, 0.15) is 47.2 Å². The Labute approximate surface area is 128 Å². The fourth-order valence-corrected chi connectivity index (χ4v) is 6.02. The highest BCUT2D eigenvalue weighted by molar-refractivity contribution is 7.86. The lowest BCUT2D eigenvalue weighted by Gasteiger charge is -2.26. The van der Waals surface area contributed by atoms with Crippen LogP contribution in [0, 0.1) is 19.8 Å². The average Bonchev–Trinajstić information content (AvgIpc) is 2.67. The number of benzene rings is 1. The number of ketones is 1. The van der Waals surface area contributed by atoms with E-state index < -0.39 is 10.8 Å². The Balaban J connectivity index is 1.85. The van der Waals surface area contributed by atoms with Crippen LogP contribution in [0.15, 0.2) is 12.1 Å².